The van der Waals surface area contributed by atoms with Crippen LogP contribution in [-0.4, -0.2) is 22.8 Å². The molecule has 0 spiro atoms. The summed E-state index contributed by atoms with van der Waals surface area (Å²) in [7, 11) is 1.64. The summed E-state index contributed by atoms with van der Waals surface area (Å²) in [5, 5.41) is 7.33. The molecule has 1 amide bonds. The number of methoxy groups -OCH3 is 1. The maximum atomic E-state index is 11.6. The molecule has 2 aromatic rings. The summed E-state index contributed by atoms with van der Waals surface area (Å²) in [4.78, 5) is 11.6. The number of amides is 1. The van der Waals surface area contributed by atoms with Crippen molar-refractivity contribution in [2.75, 3.05) is 7.11 Å². The average molecular weight is 287 g/mol. The van der Waals surface area contributed by atoms with Gasteiger partial charge in [-0.3, -0.25) is 4.79 Å². The lowest BCUT2D eigenvalue weighted by Crippen LogP contribution is -2.24. The van der Waals surface area contributed by atoms with Crippen molar-refractivity contribution in [3.63, 3.8) is 0 Å². The van der Waals surface area contributed by atoms with E-state index in [1.807, 2.05) is 50.4 Å². The molecule has 112 valence electrons. The van der Waals surface area contributed by atoms with E-state index >= 15 is 0 Å². The third kappa shape index (κ3) is 4.34. The third-order valence-corrected chi connectivity index (χ3v) is 3.04. The summed E-state index contributed by atoms with van der Waals surface area (Å²) in [5.74, 6) is 1.23. The lowest BCUT2D eigenvalue weighted by atomic mass is 10.1. The molecule has 1 heterocycles. The van der Waals surface area contributed by atoms with Gasteiger partial charge in [0.05, 0.1) is 25.0 Å². The zero-order chi connectivity index (χ0) is 15.2. The fourth-order valence-corrected chi connectivity index (χ4v) is 1.97. The van der Waals surface area contributed by atoms with Crippen molar-refractivity contribution in [2.24, 2.45) is 5.92 Å². The topological polar surface area (TPSA) is 56.1 Å². The summed E-state index contributed by atoms with van der Waals surface area (Å²) in [6, 6.07) is 9.56. The molecule has 2 rings (SSSR count). The monoisotopic (exact) mass is 287 g/mol. The van der Waals surface area contributed by atoms with Crippen molar-refractivity contribution in [1.82, 2.24) is 15.1 Å². The number of rotatable bonds is 6. The highest BCUT2D eigenvalue weighted by molar-refractivity contribution is 5.75. The first kappa shape index (κ1) is 15.1. The number of ether oxygens (including phenoxy) is 1. The predicted molar refractivity (Wildman–Crippen MR) is 81.4 cm³/mol. The Kier molecular flexibility index (Phi) is 4.98. The highest BCUT2D eigenvalue weighted by Gasteiger charge is 2.06. The van der Waals surface area contributed by atoms with Gasteiger partial charge in [-0.2, -0.15) is 5.10 Å². The van der Waals surface area contributed by atoms with E-state index in [4.69, 9.17) is 4.74 Å². The van der Waals surface area contributed by atoms with Gasteiger partial charge in [-0.1, -0.05) is 13.8 Å². The summed E-state index contributed by atoms with van der Waals surface area (Å²) in [5.41, 5.74) is 1.79. The van der Waals surface area contributed by atoms with Crippen LogP contribution in [0.5, 0.6) is 5.75 Å². The summed E-state index contributed by atoms with van der Waals surface area (Å²) < 4.78 is 6.91. The highest BCUT2D eigenvalue weighted by Crippen LogP contribution is 2.14. The SMILES string of the molecule is COc1ccc(-n2ccc(CNC(=O)CC(C)C)n2)cc1. The normalized spacial score (nSPS) is 10.7. The Morgan fingerprint density at radius 2 is 2.00 bits per heavy atom. The van der Waals surface area contributed by atoms with E-state index in [1.165, 1.54) is 0 Å². The smallest absolute Gasteiger partial charge is 0.220 e. The van der Waals surface area contributed by atoms with Crippen LogP contribution in [-0.2, 0) is 11.3 Å². The van der Waals surface area contributed by atoms with Crippen molar-refractivity contribution in [3.05, 3.63) is 42.2 Å². The number of carbonyl (C=O) groups is 1. The highest BCUT2D eigenvalue weighted by atomic mass is 16.5. The number of hydrogen-bond donors (Lipinski definition) is 1. The number of carbonyl (C=O) groups excluding carboxylic acids is 1. The first-order valence-corrected chi connectivity index (χ1v) is 7.04. The van der Waals surface area contributed by atoms with E-state index in [1.54, 1.807) is 11.8 Å². The molecule has 0 saturated heterocycles. The molecule has 0 aliphatic carbocycles. The Bertz CT molecular complexity index is 588. The second kappa shape index (κ2) is 6.92. The van der Waals surface area contributed by atoms with Crippen LogP contribution in [0.3, 0.4) is 0 Å². The van der Waals surface area contributed by atoms with Crippen molar-refractivity contribution in [3.8, 4) is 11.4 Å². The average Bonchev–Trinajstić information content (AvgIpc) is 2.93. The zero-order valence-electron chi connectivity index (χ0n) is 12.7. The van der Waals surface area contributed by atoms with E-state index in [2.05, 4.69) is 10.4 Å². The molecule has 5 heteroatoms. The fraction of sp³-hybridized carbons (Fsp3) is 0.375. The van der Waals surface area contributed by atoms with Gasteiger partial charge in [0.2, 0.25) is 5.91 Å². The molecule has 1 aromatic heterocycles. The van der Waals surface area contributed by atoms with Crippen LogP contribution in [0.2, 0.25) is 0 Å². The Morgan fingerprint density at radius 1 is 1.29 bits per heavy atom. The number of hydrogen-bond acceptors (Lipinski definition) is 3. The van der Waals surface area contributed by atoms with E-state index in [0.29, 0.717) is 18.9 Å². The van der Waals surface area contributed by atoms with Crippen LogP contribution >= 0.6 is 0 Å². The van der Waals surface area contributed by atoms with Crippen molar-refractivity contribution in [1.29, 1.82) is 0 Å². The van der Waals surface area contributed by atoms with Crippen molar-refractivity contribution < 1.29 is 9.53 Å². The van der Waals surface area contributed by atoms with Gasteiger partial charge >= 0.3 is 0 Å². The lowest BCUT2D eigenvalue weighted by molar-refractivity contribution is -0.121. The number of benzene rings is 1. The Labute approximate surface area is 124 Å². The van der Waals surface area contributed by atoms with Crippen LogP contribution in [0, 0.1) is 5.92 Å². The molecule has 0 aliphatic rings. The molecule has 21 heavy (non-hydrogen) atoms. The Balaban J connectivity index is 1.96. The van der Waals surface area contributed by atoms with Crippen LogP contribution in [0.1, 0.15) is 26.0 Å². The quantitative estimate of drug-likeness (QED) is 0.888. The van der Waals surface area contributed by atoms with Gasteiger partial charge in [0, 0.05) is 12.6 Å². The summed E-state index contributed by atoms with van der Waals surface area (Å²) >= 11 is 0. The van der Waals surface area contributed by atoms with E-state index in [0.717, 1.165) is 17.1 Å². The molecule has 5 nitrogen and oxygen atoms in total. The molecule has 0 bridgehead atoms. The van der Waals surface area contributed by atoms with Gasteiger partial charge in [-0.15, -0.1) is 0 Å². The van der Waals surface area contributed by atoms with Crippen LogP contribution in [0.4, 0.5) is 0 Å². The first-order chi connectivity index (χ1) is 10.1. The second-order valence-electron chi connectivity index (χ2n) is 5.32. The van der Waals surface area contributed by atoms with Crippen LogP contribution in [0.15, 0.2) is 36.5 Å². The molecular weight excluding hydrogens is 266 g/mol. The first-order valence-electron chi connectivity index (χ1n) is 7.04. The summed E-state index contributed by atoms with van der Waals surface area (Å²) in [6.45, 7) is 4.50. The van der Waals surface area contributed by atoms with Crippen molar-refractivity contribution >= 4 is 5.91 Å². The minimum Gasteiger partial charge on any atom is -0.497 e. The van der Waals surface area contributed by atoms with E-state index < -0.39 is 0 Å². The molecule has 0 saturated carbocycles. The van der Waals surface area contributed by atoms with Gasteiger partial charge in [0.15, 0.2) is 0 Å². The largest absolute Gasteiger partial charge is 0.497 e. The van der Waals surface area contributed by atoms with Gasteiger partial charge in [0.1, 0.15) is 5.75 Å². The van der Waals surface area contributed by atoms with Crippen molar-refractivity contribution in [2.45, 2.75) is 26.8 Å². The maximum Gasteiger partial charge on any atom is 0.220 e. The summed E-state index contributed by atoms with van der Waals surface area (Å²) in [6.07, 6.45) is 2.42. The number of nitrogens with zero attached hydrogens (tertiary/aromatic N) is 2. The van der Waals surface area contributed by atoms with Gasteiger partial charge < -0.3 is 10.1 Å². The third-order valence-electron chi connectivity index (χ3n) is 3.04. The van der Waals surface area contributed by atoms with Gasteiger partial charge in [-0.25, -0.2) is 4.68 Å². The standard InChI is InChI=1S/C16H21N3O2/c1-12(2)10-16(20)17-11-13-8-9-19(18-13)14-4-6-15(21-3)7-5-14/h4-9,12H,10-11H2,1-3H3,(H,17,20). The maximum absolute atomic E-state index is 11.6. The second-order valence-corrected chi connectivity index (χ2v) is 5.32. The van der Waals surface area contributed by atoms with Crippen LogP contribution in [0.25, 0.3) is 5.69 Å². The van der Waals surface area contributed by atoms with Gasteiger partial charge in [-0.05, 0) is 36.2 Å². The minimum absolute atomic E-state index is 0.0593. The molecule has 0 unspecified atom stereocenters. The molecule has 1 N–H and O–H groups in total. The van der Waals surface area contributed by atoms with Gasteiger partial charge in [0.25, 0.3) is 0 Å². The Morgan fingerprint density at radius 3 is 2.62 bits per heavy atom. The fourth-order valence-electron chi connectivity index (χ4n) is 1.97. The van der Waals surface area contributed by atoms with E-state index in [-0.39, 0.29) is 5.91 Å². The van der Waals surface area contributed by atoms with E-state index in [9.17, 15) is 4.79 Å². The molecule has 0 radical (unpaired) electrons. The Hall–Kier alpha value is -2.30. The molecule has 0 fully saturated rings. The lowest BCUT2D eigenvalue weighted by Gasteiger charge is -2.05. The zero-order valence-corrected chi connectivity index (χ0v) is 12.7. The molecule has 1 aromatic carbocycles. The number of aromatic nitrogens is 2. The number of nitrogens with one attached hydrogen (secondary N) is 1. The minimum atomic E-state index is 0.0593. The molecule has 0 atom stereocenters. The van der Waals surface area contributed by atoms with Crippen LogP contribution < -0.4 is 10.1 Å². The molecule has 0 aliphatic heterocycles. The molecular formula is C16H21N3O2. The predicted octanol–water partition coefficient (Wildman–Crippen LogP) is 2.54.